The van der Waals surface area contributed by atoms with Crippen molar-refractivity contribution >= 4 is 21.8 Å². The Bertz CT molecular complexity index is 608. The topological polar surface area (TPSA) is 78.0 Å². The molecule has 0 bridgehead atoms. The Morgan fingerprint density at radius 1 is 1.40 bits per heavy atom. The minimum Gasteiger partial charge on any atom is -0.394 e. The van der Waals surface area contributed by atoms with E-state index in [0.717, 1.165) is 5.56 Å². The van der Waals surface area contributed by atoms with Gasteiger partial charge in [0, 0.05) is 5.56 Å². The van der Waals surface area contributed by atoms with Crippen LogP contribution >= 0.6 is 15.9 Å². The zero-order chi connectivity index (χ0) is 14.8. The summed E-state index contributed by atoms with van der Waals surface area (Å²) in [4.78, 5) is 12.2. The molecule has 0 radical (unpaired) electrons. The fraction of sp³-hybridized carbons (Fsp3) is 0.286. The second-order valence-corrected chi connectivity index (χ2v) is 5.92. The Morgan fingerprint density at radius 3 is 2.65 bits per heavy atom. The van der Waals surface area contributed by atoms with Gasteiger partial charge < -0.3 is 10.4 Å². The molecule has 0 spiro atoms. The van der Waals surface area contributed by atoms with E-state index in [2.05, 4.69) is 31.4 Å². The van der Waals surface area contributed by atoms with Crippen LogP contribution in [0, 0.1) is 0 Å². The molecule has 5 nitrogen and oxygen atoms in total. The number of aliphatic hydroxyl groups excluding tert-OH is 1. The molecule has 0 aliphatic rings. The molecule has 0 fully saturated rings. The first-order chi connectivity index (χ1) is 9.44. The molecule has 0 saturated heterocycles. The van der Waals surface area contributed by atoms with Crippen LogP contribution in [0.2, 0.25) is 0 Å². The molecule has 2 aromatic rings. The highest BCUT2D eigenvalue weighted by molar-refractivity contribution is 9.10. The Balaban J connectivity index is 2.28. The van der Waals surface area contributed by atoms with Crippen molar-refractivity contribution in [2.45, 2.75) is 19.4 Å². The van der Waals surface area contributed by atoms with Gasteiger partial charge in [0.2, 0.25) is 0 Å². The Kier molecular flexibility index (Phi) is 4.25. The minimum absolute atomic E-state index is 0.143. The lowest BCUT2D eigenvalue weighted by atomic mass is 10.1. The number of aliphatic hydroxyl groups is 1. The molecular formula is C14H16BrN3O2. The quantitative estimate of drug-likeness (QED) is 0.801. The van der Waals surface area contributed by atoms with Gasteiger partial charge in [-0.3, -0.25) is 9.89 Å². The second-order valence-electron chi connectivity index (χ2n) is 5.12. The third kappa shape index (κ3) is 3.08. The van der Waals surface area contributed by atoms with E-state index in [1.54, 1.807) is 13.8 Å². The van der Waals surface area contributed by atoms with E-state index in [9.17, 15) is 9.90 Å². The number of hydrogen-bond donors (Lipinski definition) is 3. The molecule has 0 aliphatic heterocycles. The molecule has 1 heterocycles. The number of aromatic amines is 1. The summed E-state index contributed by atoms with van der Waals surface area (Å²) in [5.74, 6) is -0.314. The lowest BCUT2D eigenvalue weighted by Gasteiger charge is -2.22. The lowest BCUT2D eigenvalue weighted by Crippen LogP contribution is -2.46. The first kappa shape index (κ1) is 14.7. The molecule has 1 aromatic carbocycles. The van der Waals surface area contributed by atoms with Gasteiger partial charge in [-0.05, 0) is 29.8 Å². The van der Waals surface area contributed by atoms with Crippen LogP contribution in [-0.2, 0) is 0 Å². The largest absolute Gasteiger partial charge is 0.394 e. The summed E-state index contributed by atoms with van der Waals surface area (Å²) in [6.07, 6.45) is 0. The van der Waals surface area contributed by atoms with E-state index < -0.39 is 5.54 Å². The van der Waals surface area contributed by atoms with E-state index in [1.165, 1.54) is 0 Å². The van der Waals surface area contributed by atoms with Crippen molar-refractivity contribution in [1.29, 1.82) is 0 Å². The van der Waals surface area contributed by atoms with Crippen molar-refractivity contribution < 1.29 is 9.90 Å². The third-order valence-electron chi connectivity index (χ3n) is 2.83. The van der Waals surface area contributed by atoms with Crippen LogP contribution in [0.1, 0.15) is 24.3 Å². The van der Waals surface area contributed by atoms with Crippen molar-refractivity contribution in [3.63, 3.8) is 0 Å². The molecule has 3 N–H and O–H groups in total. The summed E-state index contributed by atoms with van der Waals surface area (Å²) < 4.78 is 0.606. The molecule has 0 aliphatic carbocycles. The number of amides is 1. The normalized spacial score (nSPS) is 11.4. The molecule has 20 heavy (non-hydrogen) atoms. The smallest absolute Gasteiger partial charge is 0.270 e. The standard InChI is InChI=1S/C14H16BrN3O2/c1-14(2,8-19)16-13(20)12-10(15)11(17-18-12)9-6-4-3-5-7-9/h3-7,19H,8H2,1-2H3,(H,16,20)(H,17,18). The molecule has 0 atom stereocenters. The molecule has 1 aromatic heterocycles. The Hall–Kier alpha value is -1.66. The van der Waals surface area contributed by atoms with Crippen LogP contribution < -0.4 is 5.32 Å². The average Bonchev–Trinajstić information content (AvgIpc) is 2.81. The second kappa shape index (κ2) is 5.76. The number of benzene rings is 1. The molecule has 1 amide bonds. The number of nitrogens with one attached hydrogen (secondary N) is 2. The first-order valence-corrected chi connectivity index (χ1v) is 6.96. The Labute approximate surface area is 125 Å². The molecule has 0 unspecified atom stereocenters. The Morgan fingerprint density at radius 2 is 2.05 bits per heavy atom. The number of nitrogens with zero attached hydrogens (tertiary/aromatic N) is 1. The van der Waals surface area contributed by atoms with Crippen LogP contribution in [0.25, 0.3) is 11.3 Å². The first-order valence-electron chi connectivity index (χ1n) is 6.17. The summed E-state index contributed by atoms with van der Waals surface area (Å²) in [5, 5.41) is 18.8. The monoisotopic (exact) mass is 337 g/mol. The highest BCUT2D eigenvalue weighted by Gasteiger charge is 2.24. The number of hydrogen-bond acceptors (Lipinski definition) is 3. The average molecular weight is 338 g/mol. The number of halogens is 1. The van der Waals surface area contributed by atoms with Crippen molar-refractivity contribution in [1.82, 2.24) is 15.5 Å². The number of rotatable bonds is 4. The van der Waals surface area contributed by atoms with Crippen LogP contribution in [0.5, 0.6) is 0 Å². The van der Waals surface area contributed by atoms with E-state index in [1.807, 2.05) is 30.3 Å². The SMILES string of the molecule is CC(C)(CO)NC(=O)c1[nH]nc(-c2ccccc2)c1Br. The summed E-state index contributed by atoms with van der Waals surface area (Å²) in [6.45, 7) is 3.34. The fourth-order valence-corrected chi connectivity index (χ4v) is 2.26. The molecule has 6 heteroatoms. The zero-order valence-electron chi connectivity index (χ0n) is 11.3. The van der Waals surface area contributed by atoms with Crippen molar-refractivity contribution in [3.8, 4) is 11.3 Å². The summed E-state index contributed by atoms with van der Waals surface area (Å²) in [6, 6.07) is 9.57. The van der Waals surface area contributed by atoms with Crippen molar-refractivity contribution in [2.24, 2.45) is 0 Å². The van der Waals surface area contributed by atoms with Crippen molar-refractivity contribution in [3.05, 3.63) is 40.5 Å². The van der Waals surface area contributed by atoms with Gasteiger partial charge in [0.1, 0.15) is 11.4 Å². The fourth-order valence-electron chi connectivity index (χ4n) is 1.68. The van der Waals surface area contributed by atoms with Crippen LogP contribution in [0.4, 0.5) is 0 Å². The van der Waals surface area contributed by atoms with Crippen LogP contribution in [-0.4, -0.2) is 33.4 Å². The predicted molar refractivity (Wildman–Crippen MR) is 80.4 cm³/mol. The summed E-state index contributed by atoms with van der Waals surface area (Å²) >= 11 is 3.40. The predicted octanol–water partition coefficient (Wildman–Crippen LogP) is 2.34. The van der Waals surface area contributed by atoms with E-state index in [4.69, 9.17) is 0 Å². The minimum atomic E-state index is -0.686. The van der Waals surface area contributed by atoms with Crippen molar-refractivity contribution in [2.75, 3.05) is 6.61 Å². The maximum Gasteiger partial charge on any atom is 0.270 e. The maximum absolute atomic E-state index is 12.2. The highest BCUT2D eigenvalue weighted by Crippen LogP contribution is 2.28. The zero-order valence-corrected chi connectivity index (χ0v) is 12.9. The number of carbonyl (C=O) groups excluding carboxylic acids is 1. The highest BCUT2D eigenvalue weighted by atomic mass is 79.9. The lowest BCUT2D eigenvalue weighted by molar-refractivity contribution is 0.0863. The van der Waals surface area contributed by atoms with Gasteiger partial charge in [-0.15, -0.1) is 0 Å². The van der Waals surface area contributed by atoms with Gasteiger partial charge in [0.25, 0.3) is 5.91 Å². The molecular weight excluding hydrogens is 322 g/mol. The molecule has 2 rings (SSSR count). The van der Waals surface area contributed by atoms with Crippen LogP contribution in [0.3, 0.4) is 0 Å². The van der Waals surface area contributed by atoms with E-state index in [0.29, 0.717) is 15.9 Å². The van der Waals surface area contributed by atoms with Gasteiger partial charge in [-0.1, -0.05) is 30.3 Å². The van der Waals surface area contributed by atoms with Gasteiger partial charge in [0.15, 0.2) is 0 Å². The van der Waals surface area contributed by atoms with E-state index >= 15 is 0 Å². The summed E-state index contributed by atoms with van der Waals surface area (Å²) in [7, 11) is 0. The third-order valence-corrected chi connectivity index (χ3v) is 3.60. The molecule has 0 saturated carbocycles. The summed E-state index contributed by atoms with van der Waals surface area (Å²) in [5.41, 5.74) is 1.24. The van der Waals surface area contributed by atoms with E-state index in [-0.39, 0.29) is 12.5 Å². The maximum atomic E-state index is 12.2. The van der Waals surface area contributed by atoms with Crippen LogP contribution in [0.15, 0.2) is 34.8 Å². The van der Waals surface area contributed by atoms with Gasteiger partial charge in [-0.2, -0.15) is 5.10 Å². The van der Waals surface area contributed by atoms with Gasteiger partial charge >= 0.3 is 0 Å². The number of aromatic nitrogens is 2. The van der Waals surface area contributed by atoms with Gasteiger partial charge in [0.05, 0.1) is 16.6 Å². The number of H-pyrrole nitrogens is 1. The number of carbonyl (C=O) groups is 1. The van der Waals surface area contributed by atoms with Gasteiger partial charge in [-0.25, -0.2) is 0 Å². The molecule has 106 valence electrons.